The van der Waals surface area contributed by atoms with Crippen LogP contribution in [-0.2, 0) is 10.0 Å². The third-order valence-electron chi connectivity index (χ3n) is 4.24. The Hall–Kier alpha value is -1.34. The van der Waals surface area contributed by atoms with Gasteiger partial charge in [0.1, 0.15) is 4.90 Å². The molecule has 0 bridgehead atoms. The van der Waals surface area contributed by atoms with Crippen molar-refractivity contribution in [2.24, 2.45) is 10.9 Å². The summed E-state index contributed by atoms with van der Waals surface area (Å²) in [5.74, 6) is 1.00. The number of pyridine rings is 1. The van der Waals surface area contributed by atoms with Gasteiger partial charge in [0.05, 0.1) is 11.1 Å². The molecule has 3 rings (SSSR count). The lowest BCUT2D eigenvalue weighted by molar-refractivity contribution is 0.317. The summed E-state index contributed by atoms with van der Waals surface area (Å²) >= 11 is 5.81. The molecule has 2 N–H and O–H groups in total. The molecule has 0 saturated heterocycles. The molecule has 120 valence electrons. The van der Waals surface area contributed by atoms with Crippen molar-refractivity contribution in [3.05, 3.63) is 17.3 Å². The number of halogens is 1. The van der Waals surface area contributed by atoms with Gasteiger partial charge in [-0.15, -0.1) is 0 Å². The van der Waals surface area contributed by atoms with Crippen LogP contribution < -0.4 is 10.0 Å². The lowest BCUT2D eigenvalue weighted by Gasteiger charge is -2.27. The van der Waals surface area contributed by atoms with Gasteiger partial charge in [0.2, 0.25) is 5.96 Å². The molecule has 0 aromatic carbocycles. The van der Waals surface area contributed by atoms with E-state index in [9.17, 15) is 8.42 Å². The first kappa shape index (κ1) is 15.6. The fourth-order valence-electron chi connectivity index (χ4n) is 3.02. The highest BCUT2D eigenvalue weighted by Gasteiger charge is 2.29. The van der Waals surface area contributed by atoms with Crippen LogP contribution in [0, 0.1) is 5.92 Å². The Balaban J connectivity index is 1.85. The summed E-state index contributed by atoms with van der Waals surface area (Å²) < 4.78 is 27.0. The second-order valence-corrected chi connectivity index (χ2v) is 7.93. The Bertz CT molecular complexity index is 699. The van der Waals surface area contributed by atoms with Crippen LogP contribution in [0.25, 0.3) is 0 Å². The van der Waals surface area contributed by atoms with E-state index in [0.717, 1.165) is 12.8 Å². The monoisotopic (exact) mass is 342 g/mol. The third-order valence-corrected chi connectivity index (χ3v) is 5.80. The molecule has 0 amide bonds. The van der Waals surface area contributed by atoms with Gasteiger partial charge in [-0.25, -0.2) is 23.1 Å². The maximum absolute atomic E-state index is 12.3. The van der Waals surface area contributed by atoms with Crippen LogP contribution in [0.3, 0.4) is 0 Å². The van der Waals surface area contributed by atoms with Crippen molar-refractivity contribution in [3.63, 3.8) is 0 Å². The van der Waals surface area contributed by atoms with Crippen LogP contribution in [0.2, 0.25) is 5.02 Å². The normalized spacial score (nSPS) is 24.2. The number of aromatic nitrogens is 1. The molecule has 2 aliphatic rings. The molecule has 1 atom stereocenters. The number of nitrogens with zero attached hydrogens (tertiary/aromatic N) is 2. The van der Waals surface area contributed by atoms with Crippen LogP contribution in [0.1, 0.15) is 39.0 Å². The van der Waals surface area contributed by atoms with Crippen molar-refractivity contribution in [3.8, 4) is 0 Å². The van der Waals surface area contributed by atoms with Crippen LogP contribution in [-0.4, -0.2) is 25.4 Å². The molecule has 0 unspecified atom stereocenters. The molecule has 6 nitrogen and oxygen atoms in total. The van der Waals surface area contributed by atoms with Gasteiger partial charge in [-0.1, -0.05) is 30.9 Å². The minimum Gasteiger partial charge on any atom is -0.309 e. The Labute approximate surface area is 135 Å². The van der Waals surface area contributed by atoms with E-state index in [1.54, 1.807) is 0 Å². The first-order chi connectivity index (χ1) is 10.5. The van der Waals surface area contributed by atoms with Crippen molar-refractivity contribution in [1.29, 1.82) is 0 Å². The zero-order valence-corrected chi connectivity index (χ0v) is 13.9. The van der Waals surface area contributed by atoms with Crippen molar-refractivity contribution >= 4 is 33.4 Å². The number of rotatable bonds is 2. The molecule has 1 aromatic rings. The topological polar surface area (TPSA) is 83.5 Å². The Morgan fingerprint density at radius 1 is 1.36 bits per heavy atom. The molecule has 1 fully saturated rings. The first-order valence-electron chi connectivity index (χ1n) is 7.49. The van der Waals surface area contributed by atoms with E-state index in [-0.39, 0.29) is 27.7 Å². The van der Waals surface area contributed by atoms with Crippen LogP contribution in [0.4, 0.5) is 5.82 Å². The molecule has 2 heterocycles. The number of hydrogen-bond donors (Lipinski definition) is 2. The minimum absolute atomic E-state index is 0.0456. The van der Waals surface area contributed by atoms with Gasteiger partial charge in [0, 0.05) is 6.20 Å². The highest BCUT2D eigenvalue weighted by Crippen LogP contribution is 2.29. The van der Waals surface area contributed by atoms with Gasteiger partial charge in [-0.3, -0.25) is 0 Å². The lowest BCUT2D eigenvalue weighted by atomic mass is 9.85. The van der Waals surface area contributed by atoms with E-state index >= 15 is 0 Å². The SMILES string of the molecule is C[C@H](N=C1Nc2ncc(Cl)cc2S(=O)(=O)N1)C1CCCCC1. The first-order valence-corrected chi connectivity index (χ1v) is 9.35. The Morgan fingerprint density at radius 3 is 2.82 bits per heavy atom. The summed E-state index contributed by atoms with van der Waals surface area (Å²) in [5, 5.41) is 3.22. The molecular formula is C14H19ClN4O2S. The van der Waals surface area contributed by atoms with E-state index in [4.69, 9.17) is 11.6 Å². The van der Waals surface area contributed by atoms with E-state index < -0.39 is 10.0 Å². The average Bonchev–Trinajstić information content (AvgIpc) is 2.48. The molecular weight excluding hydrogens is 324 g/mol. The second-order valence-electron chi connectivity index (χ2n) is 5.85. The van der Waals surface area contributed by atoms with Gasteiger partial charge >= 0.3 is 0 Å². The molecule has 1 aromatic heterocycles. The summed E-state index contributed by atoms with van der Waals surface area (Å²) in [7, 11) is -3.68. The predicted molar refractivity (Wildman–Crippen MR) is 86.7 cm³/mol. The van der Waals surface area contributed by atoms with E-state index in [0.29, 0.717) is 5.92 Å². The van der Waals surface area contributed by atoms with Gasteiger partial charge < -0.3 is 5.32 Å². The summed E-state index contributed by atoms with van der Waals surface area (Å²) in [4.78, 5) is 8.61. The summed E-state index contributed by atoms with van der Waals surface area (Å²) in [5.41, 5.74) is 0. The summed E-state index contributed by atoms with van der Waals surface area (Å²) in [6.07, 6.45) is 7.44. The second kappa shape index (κ2) is 6.04. The number of sulfonamides is 1. The summed E-state index contributed by atoms with van der Waals surface area (Å²) in [6, 6.07) is 1.44. The Morgan fingerprint density at radius 2 is 2.09 bits per heavy atom. The third kappa shape index (κ3) is 3.20. The van der Waals surface area contributed by atoms with Crippen molar-refractivity contribution in [1.82, 2.24) is 9.71 Å². The molecule has 8 heteroatoms. The smallest absolute Gasteiger partial charge is 0.267 e. The van der Waals surface area contributed by atoms with E-state index in [1.807, 2.05) is 6.92 Å². The Kier molecular flexibility index (Phi) is 4.27. The number of nitrogens with one attached hydrogen (secondary N) is 2. The zero-order valence-electron chi connectivity index (χ0n) is 12.3. The number of guanidine groups is 1. The van der Waals surface area contributed by atoms with E-state index in [1.165, 1.54) is 31.5 Å². The fraction of sp³-hybridized carbons (Fsp3) is 0.571. The van der Waals surface area contributed by atoms with Crippen molar-refractivity contribution in [2.75, 3.05) is 5.32 Å². The number of hydrogen-bond acceptors (Lipinski definition) is 4. The van der Waals surface area contributed by atoms with Crippen LogP contribution >= 0.6 is 11.6 Å². The summed E-state index contributed by atoms with van der Waals surface area (Å²) in [6.45, 7) is 2.03. The number of aliphatic imine (C=N–C) groups is 1. The van der Waals surface area contributed by atoms with E-state index in [2.05, 4.69) is 20.0 Å². The standard InChI is InChI=1S/C14H19ClN4O2S/c1-9(10-5-3-2-4-6-10)17-14-18-13-12(22(20,21)19-14)7-11(15)8-16-13/h7-10H,2-6H2,1H3,(H2,16,17,18,19)/t9-/m0/s1. The zero-order chi connectivity index (χ0) is 15.7. The molecule has 1 aliphatic carbocycles. The molecule has 1 aliphatic heterocycles. The van der Waals surface area contributed by atoms with Gasteiger partial charge in [0.15, 0.2) is 5.82 Å². The number of fused-ring (bicyclic) bond motifs is 1. The average molecular weight is 343 g/mol. The maximum atomic E-state index is 12.3. The molecule has 0 spiro atoms. The highest BCUT2D eigenvalue weighted by molar-refractivity contribution is 7.90. The molecule has 22 heavy (non-hydrogen) atoms. The van der Waals surface area contributed by atoms with Gasteiger partial charge in [0.25, 0.3) is 10.0 Å². The predicted octanol–water partition coefficient (Wildman–Crippen LogP) is 2.76. The van der Waals surface area contributed by atoms with Crippen LogP contribution in [0.5, 0.6) is 0 Å². The quantitative estimate of drug-likeness (QED) is 0.865. The van der Waals surface area contributed by atoms with Gasteiger partial charge in [-0.2, -0.15) is 0 Å². The minimum atomic E-state index is -3.68. The maximum Gasteiger partial charge on any atom is 0.267 e. The van der Waals surface area contributed by atoms with Crippen molar-refractivity contribution in [2.45, 2.75) is 50.0 Å². The number of anilines is 1. The largest absolute Gasteiger partial charge is 0.309 e. The fourth-order valence-corrected chi connectivity index (χ4v) is 4.35. The van der Waals surface area contributed by atoms with Gasteiger partial charge in [-0.05, 0) is 31.7 Å². The van der Waals surface area contributed by atoms with Crippen molar-refractivity contribution < 1.29 is 8.42 Å². The van der Waals surface area contributed by atoms with Crippen LogP contribution in [0.15, 0.2) is 22.2 Å². The highest BCUT2D eigenvalue weighted by atomic mass is 35.5. The molecule has 1 saturated carbocycles. The lowest BCUT2D eigenvalue weighted by Crippen LogP contribution is -2.42. The molecule has 0 radical (unpaired) electrons.